The third kappa shape index (κ3) is 3.62. The molecule has 1 unspecified atom stereocenters. The summed E-state index contributed by atoms with van der Waals surface area (Å²) in [4.78, 5) is 11.7. The minimum absolute atomic E-state index is 0.0231. The molecule has 0 radical (unpaired) electrons. The van der Waals surface area contributed by atoms with Crippen molar-refractivity contribution in [2.45, 2.75) is 36.8 Å². The first-order valence-electron chi connectivity index (χ1n) is 5.93. The predicted octanol–water partition coefficient (Wildman–Crippen LogP) is 3.38. The molecule has 1 saturated carbocycles. The molecule has 1 aliphatic rings. The molecule has 0 aromatic heterocycles. The van der Waals surface area contributed by atoms with Crippen LogP contribution in [0.25, 0.3) is 0 Å². The van der Waals surface area contributed by atoms with E-state index in [-0.39, 0.29) is 17.0 Å². The quantitative estimate of drug-likeness (QED) is 0.899. The molecule has 0 bridgehead atoms. The highest BCUT2D eigenvalue weighted by Gasteiger charge is 2.25. The zero-order chi connectivity index (χ0) is 13.1. The van der Waals surface area contributed by atoms with Crippen molar-refractivity contribution in [3.8, 4) is 0 Å². The van der Waals surface area contributed by atoms with Gasteiger partial charge in [0.15, 0.2) is 0 Å². The molecule has 1 aromatic carbocycles. The molecule has 1 N–H and O–H groups in total. The number of carbonyl (C=O) groups excluding carboxylic acids is 1. The Kier molecular flexibility index (Phi) is 4.51. The molecule has 2 nitrogen and oxygen atoms in total. The van der Waals surface area contributed by atoms with E-state index in [1.54, 1.807) is 12.1 Å². The maximum Gasteiger partial charge on any atom is 0.233 e. The van der Waals surface area contributed by atoms with Crippen LogP contribution >= 0.6 is 23.4 Å². The van der Waals surface area contributed by atoms with E-state index >= 15 is 0 Å². The van der Waals surface area contributed by atoms with E-state index in [4.69, 9.17) is 11.6 Å². The Morgan fingerprint density at radius 2 is 2.33 bits per heavy atom. The average Bonchev–Trinajstić information content (AvgIpc) is 3.12. The molecule has 1 fully saturated rings. The van der Waals surface area contributed by atoms with Gasteiger partial charge in [-0.3, -0.25) is 4.79 Å². The lowest BCUT2D eigenvalue weighted by Gasteiger charge is -2.12. The smallest absolute Gasteiger partial charge is 0.233 e. The summed E-state index contributed by atoms with van der Waals surface area (Å²) in [7, 11) is 0. The number of thioether (sulfide) groups is 1. The van der Waals surface area contributed by atoms with Crippen LogP contribution in [0.1, 0.15) is 25.3 Å². The zero-order valence-electron chi connectivity index (χ0n) is 10.1. The molecule has 98 valence electrons. The van der Waals surface area contributed by atoms with Crippen molar-refractivity contribution in [3.05, 3.63) is 34.6 Å². The van der Waals surface area contributed by atoms with Gasteiger partial charge in [0.25, 0.3) is 0 Å². The van der Waals surface area contributed by atoms with Crippen molar-refractivity contribution in [2.24, 2.45) is 0 Å². The molecule has 18 heavy (non-hydrogen) atoms. The molecular weight excluding hydrogens is 273 g/mol. The minimum Gasteiger partial charge on any atom is -0.352 e. The van der Waals surface area contributed by atoms with Gasteiger partial charge in [0.05, 0.1) is 5.25 Å². The summed E-state index contributed by atoms with van der Waals surface area (Å²) >= 11 is 7.33. The van der Waals surface area contributed by atoms with Crippen molar-refractivity contribution in [2.75, 3.05) is 0 Å². The van der Waals surface area contributed by atoms with Gasteiger partial charge in [-0.25, -0.2) is 4.39 Å². The van der Waals surface area contributed by atoms with Crippen molar-refractivity contribution >= 4 is 29.3 Å². The Morgan fingerprint density at radius 1 is 1.61 bits per heavy atom. The monoisotopic (exact) mass is 287 g/mol. The second-order valence-corrected chi connectivity index (χ2v) is 6.17. The van der Waals surface area contributed by atoms with E-state index in [0.717, 1.165) is 12.8 Å². The molecule has 1 aromatic rings. The number of nitrogens with one attached hydrogen (secondary N) is 1. The van der Waals surface area contributed by atoms with Gasteiger partial charge in [0.2, 0.25) is 5.91 Å². The van der Waals surface area contributed by atoms with Gasteiger partial charge in [-0.15, -0.1) is 11.8 Å². The van der Waals surface area contributed by atoms with Crippen LogP contribution in [0.2, 0.25) is 5.02 Å². The van der Waals surface area contributed by atoms with E-state index in [0.29, 0.717) is 22.4 Å². The van der Waals surface area contributed by atoms with E-state index in [2.05, 4.69) is 5.32 Å². The second-order valence-electron chi connectivity index (χ2n) is 4.44. The number of carbonyl (C=O) groups is 1. The number of hydrogen-bond acceptors (Lipinski definition) is 2. The van der Waals surface area contributed by atoms with Crippen molar-refractivity contribution < 1.29 is 9.18 Å². The summed E-state index contributed by atoms with van der Waals surface area (Å²) in [6.07, 6.45) is 2.14. The number of hydrogen-bond donors (Lipinski definition) is 1. The van der Waals surface area contributed by atoms with E-state index in [1.807, 2.05) is 6.92 Å². The summed E-state index contributed by atoms with van der Waals surface area (Å²) in [5.74, 6) is 0.116. The fraction of sp³-hybridized carbons (Fsp3) is 0.462. The highest BCUT2D eigenvalue weighted by Crippen LogP contribution is 2.27. The number of rotatable bonds is 5. The first kappa shape index (κ1) is 13.7. The number of benzene rings is 1. The number of halogens is 2. The van der Waals surface area contributed by atoms with Crippen molar-refractivity contribution in [3.63, 3.8) is 0 Å². The maximum absolute atomic E-state index is 13.5. The van der Waals surface area contributed by atoms with Gasteiger partial charge in [-0.2, -0.15) is 0 Å². The van der Waals surface area contributed by atoms with Crippen LogP contribution in [0.5, 0.6) is 0 Å². The van der Waals surface area contributed by atoms with E-state index in [9.17, 15) is 9.18 Å². The van der Waals surface area contributed by atoms with Crippen LogP contribution < -0.4 is 5.32 Å². The van der Waals surface area contributed by atoms with E-state index < -0.39 is 0 Å². The van der Waals surface area contributed by atoms with Gasteiger partial charge >= 0.3 is 0 Å². The van der Waals surface area contributed by atoms with Gasteiger partial charge < -0.3 is 5.32 Å². The first-order chi connectivity index (χ1) is 8.58. The normalized spacial score (nSPS) is 16.4. The van der Waals surface area contributed by atoms with Crippen LogP contribution in [0.15, 0.2) is 18.2 Å². The molecule has 0 aliphatic heterocycles. The third-order valence-corrected chi connectivity index (χ3v) is 4.36. The summed E-state index contributed by atoms with van der Waals surface area (Å²) in [6.45, 7) is 1.83. The summed E-state index contributed by atoms with van der Waals surface area (Å²) in [5, 5.41) is 3.15. The Hall–Kier alpha value is -0.740. The third-order valence-electron chi connectivity index (χ3n) is 2.83. The molecule has 0 saturated heterocycles. The molecule has 1 aliphatic carbocycles. The van der Waals surface area contributed by atoms with Crippen molar-refractivity contribution in [1.29, 1.82) is 0 Å². The van der Waals surface area contributed by atoms with Crippen LogP contribution in [-0.2, 0) is 10.5 Å². The summed E-state index contributed by atoms with van der Waals surface area (Å²) < 4.78 is 13.5. The Labute approximate surface area is 115 Å². The number of amides is 1. The maximum atomic E-state index is 13.5. The van der Waals surface area contributed by atoms with Gasteiger partial charge in [-0.05, 0) is 31.9 Å². The topological polar surface area (TPSA) is 29.1 Å². The molecule has 0 spiro atoms. The van der Waals surface area contributed by atoms with Crippen LogP contribution in [0.3, 0.4) is 0 Å². The minimum atomic E-state index is -0.315. The molecular formula is C13H15ClFNOS. The molecule has 1 amide bonds. The van der Waals surface area contributed by atoms with E-state index in [1.165, 1.54) is 17.8 Å². The largest absolute Gasteiger partial charge is 0.352 e. The van der Waals surface area contributed by atoms with Gasteiger partial charge in [0, 0.05) is 22.4 Å². The molecule has 2 rings (SSSR count). The Morgan fingerprint density at radius 3 is 2.94 bits per heavy atom. The molecule has 0 heterocycles. The summed E-state index contributed by atoms with van der Waals surface area (Å²) in [6, 6.07) is 4.99. The van der Waals surface area contributed by atoms with Crippen LogP contribution in [0, 0.1) is 5.82 Å². The van der Waals surface area contributed by atoms with Gasteiger partial charge in [0.1, 0.15) is 5.82 Å². The Balaban J connectivity index is 1.88. The molecule has 1 atom stereocenters. The van der Waals surface area contributed by atoms with Gasteiger partial charge in [-0.1, -0.05) is 17.7 Å². The van der Waals surface area contributed by atoms with Crippen LogP contribution in [-0.4, -0.2) is 17.2 Å². The highest BCUT2D eigenvalue weighted by atomic mass is 35.5. The van der Waals surface area contributed by atoms with Crippen molar-refractivity contribution in [1.82, 2.24) is 5.32 Å². The SMILES string of the molecule is CC(SCc1c(F)cccc1Cl)C(=O)NC1CC1. The second kappa shape index (κ2) is 5.93. The predicted molar refractivity (Wildman–Crippen MR) is 73.3 cm³/mol. The Bertz CT molecular complexity index is 430. The highest BCUT2D eigenvalue weighted by molar-refractivity contribution is 7.99. The van der Waals surface area contributed by atoms with Crippen LogP contribution in [0.4, 0.5) is 4.39 Å². The lowest BCUT2D eigenvalue weighted by Crippen LogP contribution is -2.32. The fourth-order valence-electron chi connectivity index (χ4n) is 1.50. The average molecular weight is 288 g/mol. The summed E-state index contributed by atoms with van der Waals surface area (Å²) in [5.41, 5.74) is 0.468. The molecule has 5 heteroatoms. The standard InChI is InChI=1S/C13H15ClFNOS/c1-8(13(17)16-9-5-6-9)18-7-10-11(14)3-2-4-12(10)15/h2-4,8-9H,5-7H2,1H3,(H,16,17). The first-order valence-corrected chi connectivity index (χ1v) is 7.35. The lowest BCUT2D eigenvalue weighted by molar-refractivity contribution is -0.120. The fourth-order valence-corrected chi connectivity index (χ4v) is 2.74. The zero-order valence-corrected chi connectivity index (χ0v) is 11.7. The lowest BCUT2D eigenvalue weighted by atomic mass is 10.2.